The molecule has 0 saturated carbocycles. The standard InChI is InChI=1S/C78H127N27O25S3/c1-36(2)60-75(130)98-49(24-59(114)115)69(124)104-55-35-133-32-42-21-40(20-41(22-42)31-132-34-54(102-61(116)37(3)79)74(129)101-51(28-107)71(126)95-46(10-7-19-89-78(85)86)66(121)97-48(23-39-11-13-43(109)14-12-39)68(123)96-47(67(122)105-60)15-16-58(112)113)30-131-33-53(64(119)90-25-56(80)110)103-62(117)38(4)92-70(125)50(27-106)100-72(127)52(29-108)99-65(120)45(9-6-18-88-77(83)84)93-57(111)26-91-63(118)44(94-73(55)128)8-5-17-87-76(81)82/h11-14,20-22,36-38,44-55,60,76-78,87-89,106-109H,5-10,15-19,23-35,79,81-86H2,1-4H3,(H2,80,110)(H,90,119)(H,91,118)(H,92,125)(H,93,111)(H,94,128)(H,95,126)(H,96,123)(H,97,121)(H,98,130)(H,99,120)(H,100,127)(H,101,129)(H,102,116)(H,103,117)(H,104,124)(H,105,122)(H,112,113)(H,114,115)/t37-,38-,44-,45-,46-,47-,48-,49-,50-,51-,52+,53-,54-,55-,60-/m0/s1. The number of carbonyl (C=O) groups is 19. The highest BCUT2D eigenvalue weighted by Crippen LogP contribution is 2.25. The van der Waals surface area contributed by atoms with Crippen LogP contribution in [0.5, 0.6) is 5.75 Å². The SMILES string of the molecule is CC(C)[C@@H]1NC(=O)[C@H](CCC(=O)O)NC(=O)[C@H](Cc2ccc(O)cc2)NC(=O)[C@H](CCCNC(N)N)NC(=O)[C@H](CO)NC(=O)[C@@H](NC(=O)[C@H](C)N)CSCc2cc3cc(c2)CSC[C@H](NC(=O)[C@H](CC(=O)O)NC1=O)C(=O)N[C@@H](CCCNC(N)N)C(=O)NCC(=O)N[C@@H](CCCNC(N)N)C(=O)N[C@H](CO)C(=O)N[C@@H](CO)C(=O)N[C@@H](C)C(=O)N[C@H](C(=O)NCC(N)=O)CSC3. The van der Waals surface area contributed by atoms with Gasteiger partial charge >= 0.3 is 11.9 Å². The van der Waals surface area contributed by atoms with Crippen LogP contribution in [0.25, 0.3) is 0 Å². The maximum atomic E-state index is 15.3. The van der Waals surface area contributed by atoms with Gasteiger partial charge in [0.2, 0.25) is 100 Å². The summed E-state index contributed by atoms with van der Waals surface area (Å²) in [6.45, 7) is 0.0591. The number of nitrogens with one attached hydrogen (secondary N) is 19. The fourth-order valence-corrected chi connectivity index (χ4v) is 15.6. The summed E-state index contributed by atoms with van der Waals surface area (Å²) in [5.41, 5.74) is 47.1. The number of primary amides is 1. The van der Waals surface area contributed by atoms with Crippen molar-refractivity contribution in [2.45, 2.75) is 219 Å². The van der Waals surface area contributed by atoms with Crippen molar-refractivity contribution in [3.05, 3.63) is 64.7 Å². The normalized spacial score (nSPS) is 24.2. The Kier molecular flexibility index (Phi) is 50.9. The van der Waals surface area contributed by atoms with Gasteiger partial charge in [-0.05, 0) is 119 Å². The summed E-state index contributed by atoms with van der Waals surface area (Å²) < 4.78 is 0. The van der Waals surface area contributed by atoms with Gasteiger partial charge in [-0.1, -0.05) is 44.2 Å². The van der Waals surface area contributed by atoms with Gasteiger partial charge < -0.3 is 162 Å². The van der Waals surface area contributed by atoms with E-state index in [2.05, 4.69) is 101 Å². The molecule has 15 atom stereocenters. The van der Waals surface area contributed by atoms with Gasteiger partial charge in [-0.3, -0.25) is 107 Å². The third-order valence-corrected chi connectivity index (χ3v) is 23.1. The molecule has 0 fully saturated rings. The fraction of sp³-hybridized carbons (Fsp3) is 0.603. The number of fused-ring (bicyclic) bond motifs is 5. The van der Waals surface area contributed by atoms with Crippen molar-refractivity contribution >= 4 is 148 Å². The van der Waals surface area contributed by atoms with Crippen LogP contribution in [-0.4, -0.2) is 322 Å². The molecule has 742 valence electrons. The summed E-state index contributed by atoms with van der Waals surface area (Å²) >= 11 is 2.93. The van der Waals surface area contributed by atoms with Gasteiger partial charge in [0.25, 0.3) is 0 Å². The van der Waals surface area contributed by atoms with Crippen molar-refractivity contribution < 1.29 is 122 Å². The Labute approximate surface area is 777 Å². The minimum atomic E-state index is -2.17. The number of phenolic OH excluding ortho intramolecular Hbond substituents is 1. The number of rotatable bonds is 31. The van der Waals surface area contributed by atoms with Gasteiger partial charge in [0.05, 0.1) is 45.4 Å². The second kappa shape index (κ2) is 59.4. The fourth-order valence-electron chi connectivity index (χ4n) is 12.7. The van der Waals surface area contributed by atoms with Crippen LogP contribution in [0, 0.1) is 5.92 Å². The molecule has 4 bridgehead atoms. The van der Waals surface area contributed by atoms with Crippen LogP contribution in [-0.2, 0) is 115 Å². The van der Waals surface area contributed by atoms with Gasteiger partial charge in [-0.15, -0.1) is 0 Å². The topological polar surface area (TPSA) is 882 Å². The van der Waals surface area contributed by atoms with E-state index < -0.39 is 292 Å². The Morgan fingerprint density at radius 2 is 0.865 bits per heavy atom. The number of phenols is 1. The van der Waals surface area contributed by atoms with Crippen molar-refractivity contribution in [2.24, 2.45) is 51.8 Å². The molecule has 0 aliphatic carbocycles. The number of aromatic hydroxyl groups is 1. The molecule has 0 radical (unpaired) electrons. The summed E-state index contributed by atoms with van der Waals surface area (Å²) in [6.07, 6.45) is -7.43. The minimum Gasteiger partial charge on any atom is -0.508 e. The number of hydrogen-bond donors (Lipinski definition) is 33. The zero-order valence-electron chi connectivity index (χ0n) is 73.8. The first-order chi connectivity index (χ1) is 62.8. The number of aliphatic carboxylic acids is 2. The molecule has 4 rings (SSSR count). The molecule has 41 N–H and O–H groups in total. The lowest BCUT2D eigenvalue weighted by Gasteiger charge is -2.29. The average molecular weight is 1940 g/mol. The van der Waals surface area contributed by atoms with E-state index in [0.717, 1.165) is 42.2 Å². The van der Waals surface area contributed by atoms with E-state index >= 15 is 9.59 Å². The molecule has 52 nitrogen and oxygen atoms in total. The number of carbonyl (C=O) groups excluding carboxylic acids is 17. The van der Waals surface area contributed by atoms with Crippen molar-refractivity contribution in [1.29, 1.82) is 0 Å². The number of thioether (sulfide) groups is 3. The van der Waals surface area contributed by atoms with Crippen LogP contribution < -0.4 is 147 Å². The van der Waals surface area contributed by atoms with E-state index in [0.29, 0.717) is 16.7 Å². The number of nitrogens with two attached hydrogens (primary N) is 8. The van der Waals surface area contributed by atoms with Gasteiger partial charge in [-0.2, -0.15) is 35.3 Å². The highest BCUT2D eigenvalue weighted by Gasteiger charge is 2.40. The van der Waals surface area contributed by atoms with E-state index in [1.165, 1.54) is 45.0 Å². The van der Waals surface area contributed by atoms with E-state index in [4.69, 9.17) is 45.9 Å². The van der Waals surface area contributed by atoms with Crippen LogP contribution >= 0.6 is 35.3 Å². The molecule has 0 saturated heterocycles. The van der Waals surface area contributed by atoms with Crippen LogP contribution in [0.15, 0.2) is 42.5 Å². The lowest BCUT2D eigenvalue weighted by molar-refractivity contribution is -0.142. The number of aliphatic hydroxyl groups is 3. The molecule has 2 aliphatic rings. The lowest BCUT2D eigenvalue weighted by atomic mass is 10.0. The zero-order chi connectivity index (χ0) is 99.3. The third kappa shape index (κ3) is 43.1. The third-order valence-electron chi connectivity index (χ3n) is 19.8. The molecule has 2 aliphatic heterocycles. The quantitative estimate of drug-likeness (QED) is 0.0246. The van der Waals surface area contributed by atoms with Crippen LogP contribution in [0.3, 0.4) is 0 Å². The van der Waals surface area contributed by atoms with E-state index in [1.807, 2.05) is 0 Å². The Balaban J connectivity index is 2.09. The number of carboxylic acids is 2. The first-order valence-corrected chi connectivity index (χ1v) is 45.7. The minimum absolute atomic E-state index is 0.00184. The Morgan fingerprint density at radius 1 is 0.451 bits per heavy atom. The second-order valence-electron chi connectivity index (χ2n) is 31.5. The largest absolute Gasteiger partial charge is 0.508 e. The second-order valence-corrected chi connectivity index (χ2v) is 34.6. The number of aliphatic hydroxyl groups excluding tert-OH is 3. The molecule has 0 spiro atoms. The van der Waals surface area contributed by atoms with E-state index in [1.54, 1.807) is 18.2 Å². The Morgan fingerprint density at radius 3 is 1.34 bits per heavy atom. The lowest BCUT2D eigenvalue weighted by Crippen LogP contribution is -2.62. The Bertz CT molecular complexity index is 4300. The molecular weight excluding hydrogens is 1810 g/mol. The first kappa shape index (κ1) is 114. The molecule has 133 heavy (non-hydrogen) atoms. The average Bonchev–Trinajstić information content (AvgIpc) is 1.09. The van der Waals surface area contributed by atoms with Crippen LogP contribution in [0.4, 0.5) is 0 Å². The summed E-state index contributed by atoms with van der Waals surface area (Å²) in [5.74, 6) is -25.4. The van der Waals surface area contributed by atoms with E-state index in [9.17, 15) is 112 Å². The van der Waals surface area contributed by atoms with Gasteiger partial charge in [0.15, 0.2) is 0 Å². The maximum Gasteiger partial charge on any atom is 0.305 e. The maximum absolute atomic E-state index is 15.3. The van der Waals surface area contributed by atoms with Crippen molar-refractivity contribution in [1.82, 2.24) is 101 Å². The number of carboxylic acid groups (broad SMARTS) is 2. The molecule has 2 heterocycles. The van der Waals surface area contributed by atoms with Crippen LogP contribution in [0.2, 0.25) is 0 Å². The summed E-state index contributed by atoms with van der Waals surface area (Å²) in [7, 11) is 0. The highest BCUT2D eigenvalue weighted by atomic mass is 32.2. The predicted molar refractivity (Wildman–Crippen MR) is 482 cm³/mol. The molecule has 0 unspecified atom stereocenters. The van der Waals surface area contributed by atoms with Crippen LogP contribution in [0.1, 0.15) is 108 Å². The Hall–Kier alpha value is -11.3. The summed E-state index contributed by atoms with van der Waals surface area (Å²) in [6, 6.07) is -16.2. The highest BCUT2D eigenvalue weighted by molar-refractivity contribution is 7.99. The molecule has 55 heteroatoms. The van der Waals surface area contributed by atoms with Crippen molar-refractivity contribution in [2.75, 3.05) is 69.8 Å². The number of amides is 17. The summed E-state index contributed by atoms with van der Waals surface area (Å²) in [4.78, 5) is 267. The van der Waals surface area contributed by atoms with E-state index in [-0.39, 0.29) is 98.2 Å². The first-order valence-electron chi connectivity index (χ1n) is 42.3. The van der Waals surface area contributed by atoms with Gasteiger partial charge in [0.1, 0.15) is 109 Å². The monoisotopic (exact) mass is 1940 g/mol. The van der Waals surface area contributed by atoms with Crippen molar-refractivity contribution in [3.63, 3.8) is 0 Å². The summed E-state index contributed by atoms with van der Waals surface area (Å²) in [5, 5.41) is 109. The molecular formula is C78H127N27O25S3. The number of benzene rings is 2. The predicted octanol–water partition coefficient (Wildman–Crippen LogP) is -14.1. The smallest absolute Gasteiger partial charge is 0.305 e. The molecule has 17 amide bonds. The zero-order valence-corrected chi connectivity index (χ0v) is 76.2. The van der Waals surface area contributed by atoms with Gasteiger partial charge in [-0.25, -0.2) is 0 Å². The molecule has 0 aromatic heterocycles. The number of hydrogen-bond acceptors (Lipinski definition) is 36. The molecule has 2 aromatic rings. The van der Waals surface area contributed by atoms with Crippen molar-refractivity contribution in [3.8, 4) is 5.75 Å². The van der Waals surface area contributed by atoms with Gasteiger partial charge in [0, 0.05) is 47.4 Å². The molecule has 2 aromatic carbocycles.